The highest BCUT2D eigenvalue weighted by atomic mass is 16.3. The predicted octanol–water partition coefficient (Wildman–Crippen LogP) is 5.85. The molecule has 1 saturated heterocycles. The average Bonchev–Trinajstić information content (AvgIpc) is 2.87. The molecule has 208 valence electrons. The van der Waals surface area contributed by atoms with E-state index in [1.807, 2.05) is 41.4 Å². The topological polar surface area (TPSA) is 59.9 Å². The Morgan fingerprint density at radius 2 is 1.63 bits per heavy atom. The number of phenols is 1. The summed E-state index contributed by atoms with van der Waals surface area (Å²) in [6, 6.07) is 10.1. The standard InChI is InChI=1S/C32H48N4O2/c1-8-9-16-36(22-19-34-17-20-35(21-18-34)28-12-10-11-15-33-28)29(37)14-13-25-23-26(31(2,3)4)30(38)27(24-25)32(5,6)7/h10-15,23-24,38H,8-9,16-22H2,1-7H3/b14-13+. The maximum Gasteiger partial charge on any atom is 0.246 e. The van der Waals surface area contributed by atoms with Crippen LogP contribution in [0.3, 0.4) is 0 Å². The molecular formula is C32H48N4O2. The molecule has 2 aromatic rings. The van der Waals surface area contributed by atoms with Crippen LogP contribution in [0.1, 0.15) is 78.0 Å². The summed E-state index contributed by atoms with van der Waals surface area (Å²) >= 11 is 0. The number of piperazine rings is 1. The van der Waals surface area contributed by atoms with Crippen LogP contribution >= 0.6 is 0 Å². The van der Waals surface area contributed by atoms with Crippen molar-refractivity contribution in [3.63, 3.8) is 0 Å². The van der Waals surface area contributed by atoms with Gasteiger partial charge in [-0.05, 0) is 53.2 Å². The van der Waals surface area contributed by atoms with Gasteiger partial charge >= 0.3 is 0 Å². The van der Waals surface area contributed by atoms with Crippen molar-refractivity contribution in [2.24, 2.45) is 0 Å². The molecule has 1 aromatic heterocycles. The lowest BCUT2D eigenvalue weighted by atomic mass is 9.78. The average molecular weight is 521 g/mol. The number of nitrogens with zero attached hydrogens (tertiary/aromatic N) is 4. The van der Waals surface area contributed by atoms with Gasteiger partial charge in [0, 0.05) is 69.2 Å². The Kier molecular flexibility index (Phi) is 10.00. The third kappa shape index (κ3) is 8.07. The number of rotatable bonds is 9. The normalized spacial score (nSPS) is 15.3. The third-order valence-electron chi connectivity index (χ3n) is 7.29. The summed E-state index contributed by atoms with van der Waals surface area (Å²) < 4.78 is 0. The van der Waals surface area contributed by atoms with Crippen LogP contribution < -0.4 is 4.90 Å². The van der Waals surface area contributed by atoms with Crippen LogP contribution in [0.25, 0.3) is 6.08 Å². The van der Waals surface area contributed by atoms with Gasteiger partial charge in [0.2, 0.25) is 5.91 Å². The van der Waals surface area contributed by atoms with Gasteiger partial charge in [-0.25, -0.2) is 4.98 Å². The molecule has 1 aliphatic rings. The molecule has 38 heavy (non-hydrogen) atoms. The van der Waals surface area contributed by atoms with Gasteiger partial charge in [0.05, 0.1) is 0 Å². The number of aromatic nitrogens is 1. The van der Waals surface area contributed by atoms with Crippen LogP contribution in [-0.2, 0) is 15.6 Å². The van der Waals surface area contributed by atoms with Gasteiger partial charge < -0.3 is 14.9 Å². The molecule has 0 bridgehead atoms. The van der Waals surface area contributed by atoms with Gasteiger partial charge in [0.15, 0.2) is 0 Å². The molecule has 0 aliphatic carbocycles. The Morgan fingerprint density at radius 1 is 1.00 bits per heavy atom. The van der Waals surface area contributed by atoms with Crippen LogP contribution in [0.2, 0.25) is 0 Å². The fourth-order valence-corrected chi connectivity index (χ4v) is 4.85. The zero-order valence-electron chi connectivity index (χ0n) is 24.6. The molecule has 0 atom stereocenters. The zero-order chi connectivity index (χ0) is 27.9. The maximum absolute atomic E-state index is 13.3. The molecule has 0 radical (unpaired) electrons. The van der Waals surface area contributed by atoms with Gasteiger partial charge in [-0.3, -0.25) is 9.69 Å². The van der Waals surface area contributed by atoms with E-state index in [4.69, 9.17) is 0 Å². The molecule has 6 heteroatoms. The van der Waals surface area contributed by atoms with Crippen molar-refractivity contribution < 1.29 is 9.90 Å². The second-order valence-corrected chi connectivity index (χ2v) is 12.5. The smallest absolute Gasteiger partial charge is 0.246 e. The first kappa shape index (κ1) is 29.7. The fraction of sp³-hybridized carbons (Fsp3) is 0.562. The number of amides is 1. The van der Waals surface area contributed by atoms with Crippen LogP contribution in [-0.4, -0.2) is 71.6 Å². The van der Waals surface area contributed by atoms with E-state index in [-0.39, 0.29) is 16.7 Å². The molecule has 3 rings (SSSR count). The summed E-state index contributed by atoms with van der Waals surface area (Å²) in [6.07, 6.45) is 7.52. The van der Waals surface area contributed by atoms with Crippen LogP contribution in [0, 0.1) is 0 Å². The van der Waals surface area contributed by atoms with Crippen LogP contribution in [0.4, 0.5) is 5.82 Å². The van der Waals surface area contributed by atoms with E-state index in [2.05, 4.69) is 69.3 Å². The summed E-state index contributed by atoms with van der Waals surface area (Å²) in [5.41, 5.74) is 2.36. The molecule has 1 aromatic carbocycles. The van der Waals surface area contributed by atoms with Crippen molar-refractivity contribution in [2.75, 3.05) is 50.7 Å². The lowest BCUT2D eigenvalue weighted by Crippen LogP contribution is -2.49. The monoisotopic (exact) mass is 520 g/mol. The Bertz CT molecular complexity index is 1040. The number of hydrogen-bond donors (Lipinski definition) is 1. The summed E-state index contributed by atoms with van der Waals surface area (Å²) in [4.78, 5) is 24.6. The lowest BCUT2D eigenvalue weighted by Gasteiger charge is -2.36. The summed E-state index contributed by atoms with van der Waals surface area (Å²) in [5, 5.41) is 11.0. The van der Waals surface area contributed by atoms with E-state index in [1.165, 1.54) is 0 Å². The number of unbranched alkanes of at least 4 members (excludes halogenated alkanes) is 1. The Balaban J connectivity index is 1.67. The quantitative estimate of drug-likeness (QED) is 0.421. The van der Waals surface area contributed by atoms with Gasteiger partial charge in [-0.2, -0.15) is 0 Å². The van der Waals surface area contributed by atoms with Gasteiger partial charge in [0.25, 0.3) is 0 Å². The van der Waals surface area contributed by atoms with E-state index in [9.17, 15) is 9.90 Å². The number of pyridine rings is 1. The van der Waals surface area contributed by atoms with Crippen molar-refractivity contribution in [3.8, 4) is 5.75 Å². The molecular weight excluding hydrogens is 472 g/mol. The minimum Gasteiger partial charge on any atom is -0.507 e. The minimum absolute atomic E-state index is 0.0493. The molecule has 6 nitrogen and oxygen atoms in total. The van der Waals surface area contributed by atoms with Crippen molar-refractivity contribution in [1.29, 1.82) is 0 Å². The second kappa shape index (κ2) is 12.8. The number of phenolic OH excluding ortho intramolecular Hbond substituents is 1. The molecule has 0 saturated carbocycles. The number of anilines is 1. The second-order valence-electron chi connectivity index (χ2n) is 12.5. The Labute approximate surface area is 230 Å². The third-order valence-corrected chi connectivity index (χ3v) is 7.29. The van der Waals surface area contributed by atoms with Crippen LogP contribution in [0.5, 0.6) is 5.75 Å². The first-order valence-corrected chi connectivity index (χ1v) is 14.1. The molecule has 0 unspecified atom stereocenters. The Hall–Kier alpha value is -2.86. The first-order chi connectivity index (χ1) is 17.9. The predicted molar refractivity (Wildman–Crippen MR) is 159 cm³/mol. The molecule has 0 spiro atoms. The highest BCUT2D eigenvalue weighted by Crippen LogP contribution is 2.40. The van der Waals surface area contributed by atoms with Crippen molar-refractivity contribution in [3.05, 3.63) is 59.3 Å². The maximum atomic E-state index is 13.3. The fourth-order valence-electron chi connectivity index (χ4n) is 4.85. The largest absolute Gasteiger partial charge is 0.507 e. The van der Waals surface area contributed by atoms with E-state index in [0.717, 1.165) is 81.2 Å². The summed E-state index contributed by atoms with van der Waals surface area (Å²) in [6.45, 7) is 21.0. The molecule has 2 heterocycles. The van der Waals surface area contributed by atoms with Gasteiger partial charge in [-0.1, -0.05) is 61.0 Å². The van der Waals surface area contributed by atoms with Crippen molar-refractivity contribution >= 4 is 17.8 Å². The Morgan fingerprint density at radius 3 is 2.16 bits per heavy atom. The molecule has 1 amide bonds. The lowest BCUT2D eigenvalue weighted by molar-refractivity contribution is -0.126. The molecule has 1 N–H and O–H groups in total. The van der Waals surface area contributed by atoms with E-state index >= 15 is 0 Å². The highest BCUT2D eigenvalue weighted by Gasteiger charge is 2.26. The minimum atomic E-state index is -0.203. The molecule has 1 aliphatic heterocycles. The van der Waals surface area contributed by atoms with E-state index < -0.39 is 0 Å². The summed E-state index contributed by atoms with van der Waals surface area (Å²) in [7, 11) is 0. The molecule has 1 fully saturated rings. The van der Waals surface area contributed by atoms with E-state index in [0.29, 0.717) is 5.75 Å². The van der Waals surface area contributed by atoms with Crippen molar-refractivity contribution in [1.82, 2.24) is 14.8 Å². The van der Waals surface area contributed by atoms with Crippen molar-refractivity contribution in [2.45, 2.75) is 72.1 Å². The summed E-state index contributed by atoms with van der Waals surface area (Å²) in [5.74, 6) is 1.45. The SMILES string of the molecule is CCCCN(CCN1CCN(c2ccccn2)CC1)C(=O)/C=C/c1cc(C(C)(C)C)c(O)c(C(C)(C)C)c1. The zero-order valence-corrected chi connectivity index (χ0v) is 24.6. The number of hydrogen-bond acceptors (Lipinski definition) is 5. The number of carbonyl (C=O) groups excluding carboxylic acids is 1. The van der Waals surface area contributed by atoms with Gasteiger partial charge in [0.1, 0.15) is 11.6 Å². The van der Waals surface area contributed by atoms with Crippen LogP contribution in [0.15, 0.2) is 42.6 Å². The number of aromatic hydroxyl groups is 1. The van der Waals surface area contributed by atoms with Gasteiger partial charge in [-0.15, -0.1) is 0 Å². The highest BCUT2D eigenvalue weighted by molar-refractivity contribution is 5.92. The first-order valence-electron chi connectivity index (χ1n) is 14.1. The van der Waals surface area contributed by atoms with E-state index in [1.54, 1.807) is 6.08 Å². The number of benzene rings is 1. The number of carbonyl (C=O) groups is 1.